The van der Waals surface area contributed by atoms with Crippen molar-refractivity contribution < 1.29 is 69.3 Å². The van der Waals surface area contributed by atoms with Gasteiger partial charge in [-0.1, -0.05) is 48.5 Å². The molecule has 30 heteroatoms. The predicted molar refractivity (Wildman–Crippen MR) is 302 cm³/mol. The number of ether oxygens (including phenoxy) is 2. The van der Waals surface area contributed by atoms with Gasteiger partial charge in [-0.05, 0) is 106 Å². The van der Waals surface area contributed by atoms with Crippen molar-refractivity contribution in [2.45, 2.75) is 60.4 Å². The molecule has 0 bridgehead atoms. The van der Waals surface area contributed by atoms with Crippen molar-refractivity contribution in [2.75, 3.05) is 38.2 Å². The topological polar surface area (TPSA) is 412 Å². The van der Waals surface area contributed by atoms with Gasteiger partial charge in [0.25, 0.3) is 38.0 Å². The third-order valence-electron chi connectivity index (χ3n) is 10.7. The normalized spacial score (nSPS) is 11.6. The number of carboxylic acid groups (broad SMARTS) is 1. The van der Waals surface area contributed by atoms with Gasteiger partial charge in [-0.25, -0.2) is 29.3 Å². The molecule has 4 aromatic heterocycles. The Labute approximate surface area is 477 Å². The highest BCUT2D eigenvalue weighted by molar-refractivity contribution is 7.86. The number of aromatic nitrogens is 4. The molecule has 436 valence electrons. The first-order valence-corrected chi connectivity index (χ1v) is 27.1. The molecule has 0 spiro atoms. The number of rotatable bonds is 25. The summed E-state index contributed by atoms with van der Waals surface area (Å²) in [4.78, 5) is 86.5. The van der Waals surface area contributed by atoms with Crippen LogP contribution >= 0.6 is 12.4 Å². The zero-order valence-corrected chi connectivity index (χ0v) is 46.3. The van der Waals surface area contributed by atoms with Gasteiger partial charge in [-0.15, -0.1) is 12.4 Å². The SMILES string of the molecule is COC(=O)C(CCCCN)NC(=O)c1ccc(NN=Cc2ccccc2S(=O)(=O)O)nc1.COC(=O)C(CCCCNC(=O)c1ccccn1)NC(=O)c1ccc(NN=Cc2ccccc2S(=O)(=O)O)nc1.Cl.O=C(O)c1ccccn1. The van der Waals surface area contributed by atoms with E-state index in [9.17, 15) is 54.7 Å². The molecule has 2 atom stereocenters. The van der Waals surface area contributed by atoms with Gasteiger partial charge < -0.3 is 36.3 Å². The highest BCUT2D eigenvalue weighted by atomic mass is 35.5. The monoisotopic (exact) mass is 1190 g/mol. The number of hydrogen-bond acceptors (Lipinski definition) is 21. The fourth-order valence-electron chi connectivity index (χ4n) is 6.68. The highest BCUT2D eigenvalue weighted by Gasteiger charge is 2.24. The first-order valence-electron chi connectivity index (χ1n) is 24.2. The third kappa shape index (κ3) is 23.3. The van der Waals surface area contributed by atoms with Crippen LogP contribution in [0.4, 0.5) is 11.6 Å². The Morgan fingerprint density at radius 1 is 0.573 bits per heavy atom. The third-order valence-corrected chi connectivity index (χ3v) is 12.6. The number of anilines is 2. The number of unbranched alkanes of at least 4 members (excludes halogenated alkanes) is 2. The fraction of sp³-hybridized carbons (Fsp3) is 0.231. The molecular formula is C52H59ClN12O15S2. The lowest BCUT2D eigenvalue weighted by Gasteiger charge is -2.16. The molecule has 10 N–H and O–H groups in total. The van der Waals surface area contributed by atoms with Crippen LogP contribution in [-0.2, 0) is 39.3 Å². The van der Waals surface area contributed by atoms with Crippen LogP contribution in [0, 0.1) is 0 Å². The average molecular weight is 1190 g/mol. The summed E-state index contributed by atoms with van der Waals surface area (Å²) in [6, 6.07) is 25.6. The number of nitrogens with two attached hydrogens (primary N) is 1. The molecule has 0 fully saturated rings. The van der Waals surface area contributed by atoms with E-state index in [4.69, 9.17) is 20.3 Å². The van der Waals surface area contributed by atoms with E-state index in [1.54, 1.807) is 42.5 Å². The first-order chi connectivity index (χ1) is 38.7. The number of hydrazone groups is 2. The van der Waals surface area contributed by atoms with Crippen molar-refractivity contribution in [1.82, 2.24) is 35.9 Å². The summed E-state index contributed by atoms with van der Waals surface area (Å²) in [6.45, 7) is 0.865. The Kier molecular flexibility index (Phi) is 28.5. The number of halogens is 1. The second-order valence-corrected chi connectivity index (χ2v) is 19.3. The molecule has 0 aliphatic rings. The van der Waals surface area contributed by atoms with Gasteiger partial charge in [0, 0.05) is 42.5 Å². The van der Waals surface area contributed by atoms with E-state index in [0.717, 1.165) is 6.42 Å². The molecule has 2 aromatic carbocycles. The van der Waals surface area contributed by atoms with Crippen molar-refractivity contribution in [3.8, 4) is 0 Å². The first kappa shape index (κ1) is 67.1. The zero-order chi connectivity index (χ0) is 59.2. The molecule has 4 heterocycles. The number of nitrogens with one attached hydrogen (secondary N) is 5. The van der Waals surface area contributed by atoms with Gasteiger partial charge in [-0.2, -0.15) is 27.0 Å². The second kappa shape index (κ2) is 34.8. The van der Waals surface area contributed by atoms with Crippen LogP contribution in [0.3, 0.4) is 0 Å². The summed E-state index contributed by atoms with van der Waals surface area (Å²) in [5.41, 5.74) is 11.8. The quantitative estimate of drug-likeness (QED) is 0.0126. The van der Waals surface area contributed by atoms with Crippen LogP contribution in [0.1, 0.15) is 91.3 Å². The number of methoxy groups -OCH3 is 2. The Bertz CT molecular complexity index is 3330. The molecule has 0 saturated carbocycles. The summed E-state index contributed by atoms with van der Waals surface area (Å²) in [7, 11) is -6.32. The maximum Gasteiger partial charge on any atom is 0.354 e. The van der Waals surface area contributed by atoms with Crippen molar-refractivity contribution >= 4 is 92.3 Å². The minimum absolute atomic E-state index is 0. The van der Waals surface area contributed by atoms with Gasteiger partial charge in [-0.3, -0.25) is 39.3 Å². The summed E-state index contributed by atoms with van der Waals surface area (Å²) < 4.78 is 73.8. The number of hydrogen-bond donors (Lipinski definition) is 9. The summed E-state index contributed by atoms with van der Waals surface area (Å²) in [5, 5.41) is 24.1. The van der Waals surface area contributed by atoms with Crippen LogP contribution in [0.15, 0.2) is 154 Å². The summed E-state index contributed by atoms with van der Waals surface area (Å²) in [5.74, 6) is -2.91. The van der Waals surface area contributed by atoms with E-state index in [1.165, 1.54) is 118 Å². The molecule has 6 aromatic rings. The van der Waals surface area contributed by atoms with Crippen LogP contribution in [0.5, 0.6) is 0 Å². The Balaban J connectivity index is 0.000000374. The number of benzene rings is 2. The lowest BCUT2D eigenvalue weighted by Crippen LogP contribution is -2.41. The number of carboxylic acids is 1. The Morgan fingerprint density at radius 2 is 1.00 bits per heavy atom. The van der Waals surface area contributed by atoms with Gasteiger partial charge in [0.15, 0.2) is 0 Å². The number of nitrogens with zero attached hydrogens (tertiary/aromatic N) is 6. The second-order valence-electron chi connectivity index (χ2n) is 16.5. The summed E-state index contributed by atoms with van der Waals surface area (Å²) in [6.07, 6.45) is 11.2. The average Bonchev–Trinajstić information content (AvgIpc) is 3.47. The van der Waals surface area contributed by atoms with Crippen molar-refractivity contribution in [1.29, 1.82) is 0 Å². The van der Waals surface area contributed by atoms with E-state index in [0.29, 0.717) is 50.9 Å². The molecule has 3 amide bonds. The van der Waals surface area contributed by atoms with Crippen LogP contribution in [-0.4, -0.2) is 138 Å². The lowest BCUT2D eigenvalue weighted by molar-refractivity contribution is -0.143. The number of amides is 3. The number of aromatic carboxylic acids is 1. The molecule has 2 unspecified atom stereocenters. The maximum atomic E-state index is 12.7. The highest BCUT2D eigenvalue weighted by Crippen LogP contribution is 2.16. The van der Waals surface area contributed by atoms with Gasteiger partial charge in [0.05, 0.1) is 37.8 Å². The molecule has 27 nitrogen and oxygen atoms in total. The van der Waals surface area contributed by atoms with Crippen LogP contribution < -0.4 is 32.5 Å². The number of esters is 2. The summed E-state index contributed by atoms with van der Waals surface area (Å²) >= 11 is 0. The predicted octanol–water partition coefficient (Wildman–Crippen LogP) is 4.42. The molecule has 82 heavy (non-hydrogen) atoms. The molecule has 6 rings (SSSR count). The van der Waals surface area contributed by atoms with E-state index >= 15 is 0 Å². The Hall–Kier alpha value is -9.13. The van der Waals surface area contributed by atoms with E-state index < -0.39 is 62.0 Å². The molecule has 0 radical (unpaired) electrons. The smallest absolute Gasteiger partial charge is 0.354 e. The number of pyridine rings is 4. The number of carbonyl (C=O) groups is 6. The van der Waals surface area contributed by atoms with Gasteiger partial charge in [0.2, 0.25) is 0 Å². The van der Waals surface area contributed by atoms with E-state index in [-0.39, 0.29) is 67.7 Å². The largest absolute Gasteiger partial charge is 0.477 e. The maximum absolute atomic E-state index is 12.7. The van der Waals surface area contributed by atoms with Crippen molar-refractivity contribution in [3.63, 3.8) is 0 Å². The van der Waals surface area contributed by atoms with E-state index in [1.807, 2.05) is 0 Å². The molecule has 0 aliphatic heterocycles. The van der Waals surface area contributed by atoms with E-state index in [2.05, 4.69) is 56.9 Å². The van der Waals surface area contributed by atoms with Crippen LogP contribution in [0.2, 0.25) is 0 Å². The standard InChI is InChI=1S/C26H28N6O7S.C20H25N5O6S.C6H5NO2.ClH/c1-39-26(35)21(10-5-7-15-28-25(34)20-9-4-6-14-27-20)31-24(33)19-12-13-23(29-16-19)32-30-17-18-8-2-3-11-22(18)40(36,37)38;1-31-20(27)16(7-4-5-11-21)24-19(26)15-9-10-18(22-12-15)25-23-13-14-6-2-3-8-17(14)32(28,29)30;8-6(9)5-3-1-2-4-7-5;/h2-4,6,8-9,11-14,16-17,21H,5,7,10,15H2,1H3,(H,28,34)(H,29,32)(H,31,33)(H,36,37,38);2-3,6,8-10,12-13,16H,4-5,7,11,21H2,1H3,(H,22,25)(H,24,26)(H,28,29,30);1-4H,(H,8,9);1H. The van der Waals surface area contributed by atoms with Crippen molar-refractivity contribution in [3.05, 3.63) is 168 Å². The minimum atomic E-state index is -4.42. The van der Waals surface area contributed by atoms with Gasteiger partial charge in [0.1, 0.15) is 44.9 Å². The van der Waals surface area contributed by atoms with Crippen molar-refractivity contribution in [2.24, 2.45) is 15.9 Å². The number of carbonyl (C=O) groups excluding carboxylic acids is 5. The minimum Gasteiger partial charge on any atom is -0.477 e. The lowest BCUT2D eigenvalue weighted by atomic mass is 10.1. The fourth-order valence-corrected chi connectivity index (χ4v) is 8.02. The molecule has 0 aliphatic carbocycles. The Morgan fingerprint density at radius 3 is 1.37 bits per heavy atom. The molecular weight excluding hydrogens is 1130 g/mol. The molecule has 0 saturated heterocycles. The van der Waals surface area contributed by atoms with Crippen LogP contribution in [0.25, 0.3) is 0 Å². The zero-order valence-electron chi connectivity index (χ0n) is 43.9. The van der Waals surface area contributed by atoms with Gasteiger partial charge >= 0.3 is 17.9 Å².